The molecule has 2 fully saturated rings. The molecule has 5 N–H and O–H groups in total. The van der Waals surface area contributed by atoms with E-state index in [4.69, 9.17) is 16.2 Å². The first-order valence-corrected chi connectivity index (χ1v) is 9.66. The molecular weight excluding hydrogens is 380 g/mol. The molecule has 2 aliphatic rings. The number of nitrogens with two attached hydrogens (primary N) is 1. The van der Waals surface area contributed by atoms with Crippen LogP contribution in [0.4, 0.5) is 4.79 Å². The molecule has 1 saturated heterocycles. The number of nitrogens with one attached hydrogen (secondary N) is 2. The summed E-state index contributed by atoms with van der Waals surface area (Å²) in [5.41, 5.74) is 7.45. The molecule has 0 spiro atoms. The summed E-state index contributed by atoms with van der Waals surface area (Å²) in [5.74, 6) is -0.493. The number of nitrogen functional groups attached to an aromatic ring is 1. The molecule has 3 rings (SSSR count). The smallest absolute Gasteiger partial charge is 0.317 e. The van der Waals surface area contributed by atoms with E-state index >= 15 is 0 Å². The van der Waals surface area contributed by atoms with Crippen molar-refractivity contribution < 1.29 is 14.7 Å². The number of rotatable bonds is 4. The predicted octanol–water partition coefficient (Wildman–Crippen LogP) is 2.92. The SMILES string of the molecule is Cl.N=C(N)c1ccc(C2CCN(C(=O)N[C@H]3CC[C@H](C(=O)O)CC3)CC2)cc1. The average Bonchev–Trinajstić information content (AvgIpc) is 2.68. The minimum absolute atomic E-state index is 0. The molecule has 0 bridgehead atoms. The van der Waals surface area contributed by atoms with Gasteiger partial charge in [-0.15, -0.1) is 12.4 Å². The van der Waals surface area contributed by atoms with E-state index in [1.807, 2.05) is 29.2 Å². The van der Waals surface area contributed by atoms with E-state index in [0.717, 1.165) is 44.3 Å². The third-order valence-electron chi connectivity index (χ3n) is 5.88. The fourth-order valence-corrected chi connectivity index (χ4v) is 4.10. The van der Waals surface area contributed by atoms with E-state index in [1.165, 1.54) is 5.56 Å². The van der Waals surface area contributed by atoms with Gasteiger partial charge in [-0.05, 0) is 50.0 Å². The number of amides is 2. The molecule has 154 valence electrons. The van der Waals surface area contributed by atoms with Crippen LogP contribution in [0.3, 0.4) is 0 Å². The Morgan fingerprint density at radius 1 is 1.04 bits per heavy atom. The van der Waals surface area contributed by atoms with Gasteiger partial charge in [0.15, 0.2) is 0 Å². The highest BCUT2D eigenvalue weighted by Gasteiger charge is 2.29. The average molecular weight is 409 g/mol. The van der Waals surface area contributed by atoms with Crippen LogP contribution in [0, 0.1) is 11.3 Å². The number of carboxylic acids is 1. The van der Waals surface area contributed by atoms with Crippen molar-refractivity contribution in [1.82, 2.24) is 10.2 Å². The molecule has 1 aromatic rings. The summed E-state index contributed by atoms with van der Waals surface area (Å²) in [4.78, 5) is 25.4. The van der Waals surface area contributed by atoms with Crippen LogP contribution in [-0.2, 0) is 4.79 Å². The zero-order chi connectivity index (χ0) is 19.4. The third-order valence-corrected chi connectivity index (χ3v) is 5.88. The lowest BCUT2D eigenvalue weighted by molar-refractivity contribution is -0.142. The molecule has 1 aliphatic carbocycles. The summed E-state index contributed by atoms with van der Waals surface area (Å²) in [6, 6.07) is 7.87. The van der Waals surface area contributed by atoms with Crippen LogP contribution in [0.1, 0.15) is 55.6 Å². The summed E-state index contributed by atoms with van der Waals surface area (Å²) in [7, 11) is 0. The Kier molecular flexibility index (Phi) is 7.69. The highest BCUT2D eigenvalue weighted by Crippen LogP contribution is 2.29. The van der Waals surface area contributed by atoms with E-state index in [0.29, 0.717) is 18.8 Å². The van der Waals surface area contributed by atoms with Crippen molar-refractivity contribution in [2.24, 2.45) is 11.7 Å². The quantitative estimate of drug-likeness (QED) is 0.452. The van der Waals surface area contributed by atoms with Crippen molar-refractivity contribution in [3.63, 3.8) is 0 Å². The lowest BCUT2D eigenvalue weighted by Gasteiger charge is -2.34. The van der Waals surface area contributed by atoms with Crippen LogP contribution in [-0.4, -0.2) is 47.0 Å². The van der Waals surface area contributed by atoms with Crippen molar-refractivity contribution >= 4 is 30.2 Å². The number of carbonyl (C=O) groups excluding carboxylic acids is 1. The summed E-state index contributed by atoms with van der Waals surface area (Å²) in [6.07, 6.45) is 4.58. The van der Waals surface area contributed by atoms with Crippen LogP contribution >= 0.6 is 12.4 Å². The van der Waals surface area contributed by atoms with Gasteiger partial charge in [-0.1, -0.05) is 24.3 Å². The number of nitrogens with zero attached hydrogens (tertiary/aromatic N) is 1. The highest BCUT2D eigenvalue weighted by molar-refractivity contribution is 5.94. The van der Waals surface area contributed by atoms with Crippen LogP contribution in [0.15, 0.2) is 24.3 Å². The van der Waals surface area contributed by atoms with E-state index < -0.39 is 5.97 Å². The number of hydrogen-bond donors (Lipinski definition) is 4. The summed E-state index contributed by atoms with van der Waals surface area (Å²) >= 11 is 0. The zero-order valence-corrected chi connectivity index (χ0v) is 16.7. The number of likely N-dealkylation sites (tertiary alicyclic amines) is 1. The van der Waals surface area contributed by atoms with Gasteiger partial charge < -0.3 is 21.1 Å². The summed E-state index contributed by atoms with van der Waals surface area (Å²) in [5, 5.41) is 19.6. The van der Waals surface area contributed by atoms with Gasteiger partial charge in [0.05, 0.1) is 5.92 Å². The molecule has 0 atom stereocenters. The molecule has 28 heavy (non-hydrogen) atoms. The van der Waals surface area contributed by atoms with Crippen LogP contribution < -0.4 is 11.1 Å². The second-order valence-electron chi connectivity index (χ2n) is 7.63. The number of benzene rings is 1. The first-order chi connectivity index (χ1) is 12.9. The minimum atomic E-state index is -0.724. The van der Waals surface area contributed by atoms with Crippen LogP contribution in [0.2, 0.25) is 0 Å². The highest BCUT2D eigenvalue weighted by atomic mass is 35.5. The second kappa shape index (κ2) is 9.78. The number of piperidine rings is 1. The van der Waals surface area contributed by atoms with Crippen molar-refractivity contribution in [1.29, 1.82) is 5.41 Å². The van der Waals surface area contributed by atoms with Crippen molar-refractivity contribution in [3.8, 4) is 0 Å². The van der Waals surface area contributed by atoms with Crippen LogP contribution in [0.5, 0.6) is 0 Å². The number of amidine groups is 1. The molecule has 2 amide bonds. The third kappa shape index (κ3) is 5.38. The zero-order valence-electron chi connectivity index (χ0n) is 15.9. The van der Waals surface area contributed by atoms with E-state index in [-0.39, 0.29) is 36.2 Å². The monoisotopic (exact) mass is 408 g/mol. The van der Waals surface area contributed by atoms with Gasteiger partial charge in [-0.2, -0.15) is 0 Å². The van der Waals surface area contributed by atoms with Gasteiger partial charge in [0, 0.05) is 24.7 Å². The number of carboxylic acid groups (broad SMARTS) is 1. The Morgan fingerprint density at radius 2 is 1.61 bits per heavy atom. The van der Waals surface area contributed by atoms with E-state index in [2.05, 4.69) is 5.32 Å². The first-order valence-electron chi connectivity index (χ1n) is 9.66. The molecular formula is C20H29ClN4O3. The minimum Gasteiger partial charge on any atom is -0.481 e. The lowest BCUT2D eigenvalue weighted by Crippen LogP contribution is -2.48. The van der Waals surface area contributed by atoms with Crippen LogP contribution in [0.25, 0.3) is 0 Å². The lowest BCUT2D eigenvalue weighted by atomic mass is 9.86. The van der Waals surface area contributed by atoms with Gasteiger partial charge in [-0.25, -0.2) is 4.79 Å². The van der Waals surface area contributed by atoms with Gasteiger partial charge in [0.1, 0.15) is 5.84 Å². The van der Waals surface area contributed by atoms with E-state index in [9.17, 15) is 9.59 Å². The van der Waals surface area contributed by atoms with Gasteiger partial charge in [0.25, 0.3) is 0 Å². The Labute approximate surface area is 171 Å². The van der Waals surface area contributed by atoms with E-state index in [1.54, 1.807) is 0 Å². The molecule has 1 heterocycles. The molecule has 1 aromatic carbocycles. The second-order valence-corrected chi connectivity index (χ2v) is 7.63. The molecule has 0 unspecified atom stereocenters. The van der Waals surface area contributed by atoms with Gasteiger partial charge in [0.2, 0.25) is 0 Å². The summed E-state index contributed by atoms with van der Waals surface area (Å²) < 4.78 is 0. The Hall–Kier alpha value is -2.28. The number of carbonyl (C=O) groups is 2. The largest absolute Gasteiger partial charge is 0.481 e. The Balaban J connectivity index is 0.00000280. The molecule has 0 aromatic heterocycles. The molecule has 1 aliphatic heterocycles. The Bertz CT molecular complexity index is 694. The Morgan fingerprint density at radius 3 is 2.11 bits per heavy atom. The standard InChI is InChI=1S/C20H28N4O3.ClH/c21-18(22)15-3-1-13(2-4-15)14-9-11-24(12-10-14)20(27)23-17-7-5-16(6-8-17)19(25)26;/h1-4,14,16-17H,5-12H2,(H3,21,22)(H,23,27)(H,25,26);1H/t16-,17-;. The number of urea groups is 1. The molecule has 8 heteroatoms. The van der Waals surface area contributed by atoms with Crippen molar-refractivity contribution in [2.45, 2.75) is 50.5 Å². The molecule has 7 nitrogen and oxygen atoms in total. The number of halogens is 1. The first kappa shape index (κ1) is 22.0. The van der Waals surface area contributed by atoms with Gasteiger partial charge in [-0.3, -0.25) is 10.2 Å². The molecule has 0 radical (unpaired) electrons. The van der Waals surface area contributed by atoms with Crippen molar-refractivity contribution in [3.05, 3.63) is 35.4 Å². The van der Waals surface area contributed by atoms with Gasteiger partial charge >= 0.3 is 12.0 Å². The normalized spacial score (nSPS) is 22.8. The topological polar surface area (TPSA) is 120 Å². The fourth-order valence-electron chi connectivity index (χ4n) is 4.10. The number of aliphatic carboxylic acids is 1. The maximum absolute atomic E-state index is 12.5. The maximum atomic E-state index is 12.5. The number of hydrogen-bond acceptors (Lipinski definition) is 3. The predicted molar refractivity (Wildman–Crippen MR) is 110 cm³/mol. The molecule has 1 saturated carbocycles. The fraction of sp³-hybridized carbons (Fsp3) is 0.550. The van der Waals surface area contributed by atoms with Crippen molar-refractivity contribution in [2.75, 3.05) is 13.1 Å². The maximum Gasteiger partial charge on any atom is 0.317 e. The summed E-state index contributed by atoms with van der Waals surface area (Å²) in [6.45, 7) is 1.44.